The number of anilines is 1. The third-order valence-corrected chi connectivity index (χ3v) is 4.25. The third kappa shape index (κ3) is 2.25. The molecule has 0 spiro atoms. The highest BCUT2D eigenvalue weighted by atomic mass is 19.1. The van der Waals surface area contributed by atoms with Crippen LogP contribution in [0.2, 0.25) is 0 Å². The fourth-order valence-electron chi connectivity index (χ4n) is 3.08. The van der Waals surface area contributed by atoms with E-state index in [4.69, 9.17) is 5.26 Å². The number of benzene rings is 1. The number of halogens is 2. The maximum absolute atomic E-state index is 13.7. The van der Waals surface area contributed by atoms with Crippen molar-refractivity contribution in [1.82, 2.24) is 0 Å². The predicted molar refractivity (Wildman–Crippen MR) is 72.4 cm³/mol. The summed E-state index contributed by atoms with van der Waals surface area (Å²) in [5.74, 6) is -1.71. The first-order valence-electron chi connectivity index (χ1n) is 6.85. The molecule has 1 heterocycles. The zero-order chi connectivity index (χ0) is 14.9. The van der Waals surface area contributed by atoms with Gasteiger partial charge in [0.25, 0.3) is 0 Å². The normalized spacial score (nSPS) is 25.8. The largest absolute Gasteiger partial charge is 0.388 e. The van der Waals surface area contributed by atoms with E-state index in [-0.39, 0.29) is 6.04 Å². The third-order valence-electron chi connectivity index (χ3n) is 4.25. The quantitative estimate of drug-likeness (QED) is 0.926. The summed E-state index contributed by atoms with van der Waals surface area (Å²) < 4.78 is 27.4. The van der Waals surface area contributed by atoms with Crippen LogP contribution >= 0.6 is 0 Å². The molecule has 5 heteroatoms. The first kappa shape index (κ1) is 14.7. The highest BCUT2D eigenvalue weighted by Gasteiger charge is 2.43. The first-order valence-corrected chi connectivity index (χ1v) is 6.85. The Morgan fingerprint density at radius 1 is 1.40 bits per heavy atom. The molecule has 1 aromatic rings. The highest BCUT2D eigenvalue weighted by Crippen LogP contribution is 2.37. The van der Waals surface area contributed by atoms with Gasteiger partial charge in [-0.1, -0.05) is 13.8 Å². The topological polar surface area (TPSA) is 47.3 Å². The summed E-state index contributed by atoms with van der Waals surface area (Å²) in [5.41, 5.74) is -1.00. The van der Waals surface area contributed by atoms with Crippen LogP contribution in [0.15, 0.2) is 12.1 Å². The molecule has 0 aliphatic carbocycles. The minimum Gasteiger partial charge on any atom is -0.388 e. The van der Waals surface area contributed by atoms with Crippen molar-refractivity contribution in [2.75, 3.05) is 11.4 Å². The predicted octanol–water partition coefficient (Wildman–Crippen LogP) is 2.97. The molecule has 20 heavy (non-hydrogen) atoms. The van der Waals surface area contributed by atoms with Gasteiger partial charge in [-0.3, -0.25) is 0 Å². The van der Waals surface area contributed by atoms with Crippen LogP contribution < -0.4 is 4.90 Å². The molecule has 1 N–H and O–H groups in total. The van der Waals surface area contributed by atoms with Gasteiger partial charge in [0.2, 0.25) is 0 Å². The van der Waals surface area contributed by atoms with Gasteiger partial charge in [-0.05, 0) is 31.4 Å². The zero-order valence-corrected chi connectivity index (χ0v) is 11.7. The fraction of sp³-hybridized carbons (Fsp3) is 0.533. The van der Waals surface area contributed by atoms with Crippen molar-refractivity contribution in [1.29, 1.82) is 5.26 Å². The van der Waals surface area contributed by atoms with Crippen molar-refractivity contribution < 1.29 is 13.9 Å². The molecule has 1 fully saturated rings. The molecule has 2 atom stereocenters. The van der Waals surface area contributed by atoms with Crippen LogP contribution in [0.3, 0.4) is 0 Å². The second-order valence-corrected chi connectivity index (χ2v) is 5.22. The van der Waals surface area contributed by atoms with Crippen molar-refractivity contribution >= 4 is 5.69 Å². The average Bonchev–Trinajstić information content (AvgIpc) is 2.76. The Morgan fingerprint density at radius 2 is 2.00 bits per heavy atom. The molecule has 1 aliphatic rings. The molecule has 0 radical (unpaired) electrons. The smallest absolute Gasteiger partial charge is 0.146 e. The zero-order valence-electron chi connectivity index (χ0n) is 11.7. The average molecular weight is 280 g/mol. The van der Waals surface area contributed by atoms with Gasteiger partial charge in [0.05, 0.1) is 11.6 Å². The highest BCUT2D eigenvalue weighted by molar-refractivity contribution is 5.53. The van der Waals surface area contributed by atoms with Crippen molar-refractivity contribution in [3.63, 3.8) is 0 Å². The van der Waals surface area contributed by atoms with Crippen molar-refractivity contribution in [3.8, 4) is 6.07 Å². The van der Waals surface area contributed by atoms with Gasteiger partial charge in [-0.25, -0.2) is 8.78 Å². The molecule has 1 saturated heterocycles. The summed E-state index contributed by atoms with van der Waals surface area (Å²) in [6.07, 6.45) is 1.86. The molecule has 0 amide bonds. The summed E-state index contributed by atoms with van der Waals surface area (Å²) in [6.45, 7) is 4.40. The summed E-state index contributed by atoms with van der Waals surface area (Å²) in [6, 6.07) is 3.69. The van der Waals surface area contributed by atoms with Gasteiger partial charge in [-0.15, -0.1) is 0 Å². The molecule has 1 unspecified atom stereocenters. The Kier molecular flexibility index (Phi) is 3.96. The van der Waals surface area contributed by atoms with Gasteiger partial charge in [-0.2, -0.15) is 5.26 Å². The second-order valence-electron chi connectivity index (χ2n) is 5.22. The molecule has 0 saturated carbocycles. The number of rotatable bonds is 3. The van der Waals surface area contributed by atoms with E-state index in [1.54, 1.807) is 0 Å². The molecule has 0 aromatic heterocycles. The number of hydrogen-bond acceptors (Lipinski definition) is 3. The summed E-state index contributed by atoms with van der Waals surface area (Å²) in [7, 11) is 0. The van der Waals surface area contributed by atoms with Crippen LogP contribution in [0.1, 0.15) is 38.7 Å². The molecule has 0 bridgehead atoms. The van der Waals surface area contributed by atoms with Crippen molar-refractivity contribution in [2.45, 2.75) is 44.8 Å². The van der Waals surface area contributed by atoms with E-state index in [0.717, 1.165) is 0 Å². The minimum atomic E-state index is -0.857. The Bertz CT molecular complexity index is 532. The van der Waals surface area contributed by atoms with E-state index in [1.807, 2.05) is 18.7 Å². The molecule has 108 valence electrons. The van der Waals surface area contributed by atoms with Gasteiger partial charge >= 0.3 is 0 Å². The van der Waals surface area contributed by atoms with E-state index < -0.39 is 22.8 Å². The van der Waals surface area contributed by atoms with Gasteiger partial charge in [0, 0.05) is 12.2 Å². The van der Waals surface area contributed by atoms with Crippen LogP contribution in [-0.4, -0.2) is 23.3 Å². The number of aliphatic hydroxyl groups is 1. The number of hydrogen-bond donors (Lipinski definition) is 1. The van der Waals surface area contributed by atoms with E-state index >= 15 is 0 Å². The van der Waals surface area contributed by atoms with E-state index in [9.17, 15) is 13.9 Å². The lowest BCUT2D eigenvalue weighted by atomic mass is 9.90. The van der Waals surface area contributed by atoms with Gasteiger partial charge < -0.3 is 10.0 Å². The summed E-state index contributed by atoms with van der Waals surface area (Å²) >= 11 is 0. The lowest BCUT2D eigenvalue weighted by molar-refractivity contribution is 0.0268. The van der Waals surface area contributed by atoms with Crippen LogP contribution in [-0.2, 0) is 0 Å². The Morgan fingerprint density at radius 3 is 2.45 bits per heavy atom. The van der Waals surface area contributed by atoms with E-state index in [2.05, 4.69) is 0 Å². The van der Waals surface area contributed by atoms with Gasteiger partial charge in [0.15, 0.2) is 0 Å². The first-order chi connectivity index (χ1) is 9.46. The monoisotopic (exact) mass is 280 g/mol. The van der Waals surface area contributed by atoms with Crippen molar-refractivity contribution in [2.24, 2.45) is 0 Å². The van der Waals surface area contributed by atoms with Gasteiger partial charge in [0.1, 0.15) is 23.3 Å². The SMILES string of the molecule is CC[C@@H]1N(c2cc(F)c(C#N)c(F)c2)CCC1(O)CC. The number of nitrogens with zero attached hydrogens (tertiary/aromatic N) is 2. The Hall–Kier alpha value is -1.67. The van der Waals surface area contributed by atoms with Crippen molar-refractivity contribution in [3.05, 3.63) is 29.3 Å². The summed E-state index contributed by atoms with van der Waals surface area (Å²) in [5, 5.41) is 19.2. The maximum atomic E-state index is 13.7. The molecule has 3 nitrogen and oxygen atoms in total. The molecular weight excluding hydrogens is 262 g/mol. The fourth-order valence-corrected chi connectivity index (χ4v) is 3.08. The van der Waals surface area contributed by atoms with Crippen LogP contribution in [0.4, 0.5) is 14.5 Å². The standard InChI is InChI=1S/C15H18F2N2O/c1-3-14-15(20,4-2)5-6-19(14)10-7-12(16)11(9-18)13(17)8-10/h7-8,14,20H,3-6H2,1-2H3/t14-,15?/m0/s1. The van der Waals surface area contributed by atoms with E-state index in [0.29, 0.717) is 31.5 Å². The lowest BCUT2D eigenvalue weighted by Gasteiger charge is -2.34. The lowest BCUT2D eigenvalue weighted by Crippen LogP contribution is -2.44. The molecule has 2 rings (SSSR count). The van der Waals surface area contributed by atoms with Crippen LogP contribution in [0.25, 0.3) is 0 Å². The Labute approximate surface area is 117 Å². The van der Waals surface area contributed by atoms with Crippen LogP contribution in [0.5, 0.6) is 0 Å². The molecule has 1 aromatic carbocycles. The Balaban J connectivity index is 2.41. The molecule has 1 aliphatic heterocycles. The second kappa shape index (κ2) is 5.37. The minimum absolute atomic E-state index is 0.167. The number of nitriles is 1. The molecular formula is C15H18F2N2O. The maximum Gasteiger partial charge on any atom is 0.146 e. The summed E-state index contributed by atoms with van der Waals surface area (Å²) in [4.78, 5) is 1.83. The van der Waals surface area contributed by atoms with E-state index in [1.165, 1.54) is 18.2 Å². The van der Waals surface area contributed by atoms with Crippen LogP contribution in [0, 0.1) is 23.0 Å².